The summed E-state index contributed by atoms with van der Waals surface area (Å²) in [7, 11) is 0. The van der Waals surface area contributed by atoms with Crippen LogP contribution in [0, 0.1) is 25.2 Å². The van der Waals surface area contributed by atoms with Gasteiger partial charge in [0.1, 0.15) is 6.61 Å². The predicted octanol–water partition coefficient (Wildman–Crippen LogP) is 4.59. The van der Waals surface area contributed by atoms with Crippen molar-refractivity contribution in [1.29, 1.82) is 5.26 Å². The van der Waals surface area contributed by atoms with Gasteiger partial charge in [-0.3, -0.25) is 4.98 Å². The van der Waals surface area contributed by atoms with Gasteiger partial charge in [-0.2, -0.15) is 5.26 Å². The van der Waals surface area contributed by atoms with Crippen LogP contribution >= 0.6 is 0 Å². The summed E-state index contributed by atoms with van der Waals surface area (Å²) in [6.45, 7) is 3.87. The molecule has 0 aliphatic heterocycles. The molecule has 0 N–H and O–H groups in total. The molecule has 0 radical (unpaired) electrons. The fourth-order valence-electron chi connectivity index (χ4n) is 2.87. The van der Waals surface area contributed by atoms with E-state index in [-0.39, 0.29) is 6.61 Å². The summed E-state index contributed by atoms with van der Waals surface area (Å²) >= 11 is 0. The Morgan fingerprint density at radius 3 is 2.58 bits per heavy atom. The van der Waals surface area contributed by atoms with Crippen LogP contribution in [0.3, 0.4) is 0 Å². The van der Waals surface area contributed by atoms with Crippen LogP contribution in [0.4, 0.5) is 0 Å². The van der Waals surface area contributed by atoms with Gasteiger partial charge in [-0.1, -0.05) is 42.5 Å². The smallest absolute Gasteiger partial charge is 0.340 e. The maximum Gasteiger partial charge on any atom is 0.340 e. The third kappa shape index (κ3) is 3.79. The van der Waals surface area contributed by atoms with Crippen LogP contribution in [0.2, 0.25) is 0 Å². The van der Waals surface area contributed by atoms with Crippen LogP contribution in [0.25, 0.3) is 11.1 Å². The molecule has 0 unspecified atom stereocenters. The highest BCUT2D eigenvalue weighted by atomic mass is 16.5. The van der Waals surface area contributed by atoms with E-state index >= 15 is 0 Å². The average molecular weight is 342 g/mol. The van der Waals surface area contributed by atoms with Gasteiger partial charge >= 0.3 is 5.97 Å². The first-order valence-electron chi connectivity index (χ1n) is 8.28. The van der Waals surface area contributed by atoms with E-state index in [1.807, 2.05) is 49.4 Å². The number of pyridine rings is 1. The number of aromatic nitrogens is 1. The Morgan fingerprint density at radius 2 is 1.85 bits per heavy atom. The molecule has 26 heavy (non-hydrogen) atoms. The summed E-state index contributed by atoms with van der Waals surface area (Å²) in [5.41, 5.74) is 4.83. The van der Waals surface area contributed by atoms with Crippen molar-refractivity contribution in [2.24, 2.45) is 0 Å². The Kier molecular flexibility index (Phi) is 5.09. The maximum atomic E-state index is 12.8. The number of nitrogens with zero attached hydrogens (tertiary/aromatic N) is 2. The molecule has 1 aromatic heterocycles. The first-order valence-corrected chi connectivity index (χ1v) is 8.28. The van der Waals surface area contributed by atoms with Crippen LogP contribution in [0.15, 0.2) is 60.7 Å². The van der Waals surface area contributed by atoms with E-state index in [9.17, 15) is 4.79 Å². The number of hydrogen-bond donors (Lipinski definition) is 0. The highest BCUT2D eigenvalue weighted by Gasteiger charge is 2.19. The number of carbonyl (C=O) groups excluding carboxylic acids is 1. The maximum absolute atomic E-state index is 12.8. The molecule has 128 valence electrons. The van der Waals surface area contributed by atoms with Gasteiger partial charge in [-0.15, -0.1) is 0 Å². The van der Waals surface area contributed by atoms with Crippen LogP contribution in [0.5, 0.6) is 0 Å². The van der Waals surface area contributed by atoms with Crippen molar-refractivity contribution in [2.75, 3.05) is 0 Å². The lowest BCUT2D eigenvalue weighted by atomic mass is 9.97. The number of esters is 1. The van der Waals surface area contributed by atoms with Crippen LogP contribution in [0.1, 0.15) is 32.9 Å². The Labute approximate surface area is 152 Å². The summed E-state index contributed by atoms with van der Waals surface area (Å²) in [6, 6.07) is 20.7. The molecule has 0 aliphatic rings. The van der Waals surface area contributed by atoms with Crippen molar-refractivity contribution in [3.05, 3.63) is 88.7 Å². The lowest BCUT2D eigenvalue weighted by Crippen LogP contribution is -2.11. The lowest BCUT2D eigenvalue weighted by Gasteiger charge is -2.13. The van der Waals surface area contributed by atoms with Gasteiger partial charge in [0, 0.05) is 5.69 Å². The lowest BCUT2D eigenvalue weighted by molar-refractivity contribution is 0.0472. The molecular formula is C22H18N2O2. The fourth-order valence-corrected chi connectivity index (χ4v) is 2.87. The van der Waals surface area contributed by atoms with E-state index in [1.165, 1.54) is 0 Å². The van der Waals surface area contributed by atoms with Crippen molar-refractivity contribution in [3.63, 3.8) is 0 Å². The molecule has 2 aromatic carbocycles. The number of ether oxygens (including phenoxy) is 1. The van der Waals surface area contributed by atoms with Gasteiger partial charge < -0.3 is 4.74 Å². The zero-order valence-corrected chi connectivity index (χ0v) is 14.7. The summed E-state index contributed by atoms with van der Waals surface area (Å²) < 4.78 is 5.51. The molecule has 0 bridgehead atoms. The number of hydrogen-bond acceptors (Lipinski definition) is 4. The molecule has 0 saturated carbocycles. The molecule has 0 spiro atoms. The SMILES string of the molecule is Cc1cc(-c2cccc(C#N)c2)c(C(=O)OCc2ccccc2)c(C)n1. The van der Waals surface area contributed by atoms with E-state index in [4.69, 9.17) is 10.00 Å². The van der Waals surface area contributed by atoms with Crippen LogP contribution in [-0.4, -0.2) is 11.0 Å². The zero-order chi connectivity index (χ0) is 18.5. The molecule has 0 saturated heterocycles. The second kappa shape index (κ2) is 7.62. The van der Waals surface area contributed by atoms with Crippen molar-refractivity contribution in [1.82, 2.24) is 4.98 Å². The number of benzene rings is 2. The third-order valence-electron chi connectivity index (χ3n) is 4.05. The molecular weight excluding hydrogens is 324 g/mol. The zero-order valence-electron chi connectivity index (χ0n) is 14.7. The fraction of sp³-hybridized carbons (Fsp3) is 0.136. The Bertz CT molecular complexity index is 989. The number of nitriles is 1. The molecule has 1 heterocycles. The van der Waals surface area contributed by atoms with Crippen molar-refractivity contribution in [3.8, 4) is 17.2 Å². The summed E-state index contributed by atoms with van der Waals surface area (Å²) in [5, 5.41) is 9.15. The quantitative estimate of drug-likeness (QED) is 0.650. The van der Waals surface area contributed by atoms with E-state index in [0.717, 1.165) is 22.4 Å². The molecule has 4 nitrogen and oxygen atoms in total. The summed E-state index contributed by atoms with van der Waals surface area (Å²) in [6.07, 6.45) is 0. The first kappa shape index (κ1) is 17.4. The van der Waals surface area contributed by atoms with Crippen molar-refractivity contribution < 1.29 is 9.53 Å². The highest BCUT2D eigenvalue weighted by Crippen LogP contribution is 2.28. The van der Waals surface area contributed by atoms with Crippen LogP contribution < -0.4 is 0 Å². The van der Waals surface area contributed by atoms with E-state index in [1.54, 1.807) is 25.1 Å². The summed E-state index contributed by atoms with van der Waals surface area (Å²) in [4.78, 5) is 17.2. The molecule has 0 atom stereocenters. The third-order valence-corrected chi connectivity index (χ3v) is 4.05. The second-order valence-corrected chi connectivity index (χ2v) is 6.03. The normalized spacial score (nSPS) is 10.2. The molecule has 3 rings (SSSR count). The van der Waals surface area contributed by atoms with Crippen molar-refractivity contribution >= 4 is 5.97 Å². The molecule has 0 aliphatic carbocycles. The van der Waals surface area contributed by atoms with E-state index in [2.05, 4.69) is 11.1 Å². The molecule has 4 heteroatoms. The molecule has 3 aromatic rings. The Balaban J connectivity index is 1.98. The topological polar surface area (TPSA) is 63.0 Å². The first-order chi connectivity index (χ1) is 12.6. The number of aryl methyl sites for hydroxylation is 2. The Hall–Kier alpha value is -3.45. The number of carbonyl (C=O) groups is 1. The molecule has 0 amide bonds. The van der Waals surface area contributed by atoms with Gasteiger partial charge in [0.15, 0.2) is 0 Å². The second-order valence-electron chi connectivity index (χ2n) is 6.03. The average Bonchev–Trinajstić information content (AvgIpc) is 2.66. The minimum Gasteiger partial charge on any atom is -0.457 e. The van der Waals surface area contributed by atoms with Crippen molar-refractivity contribution in [2.45, 2.75) is 20.5 Å². The van der Waals surface area contributed by atoms with E-state index in [0.29, 0.717) is 16.8 Å². The summed E-state index contributed by atoms with van der Waals surface area (Å²) in [5.74, 6) is -0.420. The molecule has 0 fully saturated rings. The standard InChI is InChI=1S/C22H18N2O2/c1-15-11-20(19-10-6-9-18(12-19)13-23)21(16(2)24-15)22(25)26-14-17-7-4-3-5-8-17/h3-12H,14H2,1-2H3. The monoisotopic (exact) mass is 342 g/mol. The Morgan fingerprint density at radius 1 is 1.08 bits per heavy atom. The van der Waals surface area contributed by atoms with Gasteiger partial charge in [-0.05, 0) is 48.7 Å². The van der Waals surface area contributed by atoms with Gasteiger partial charge in [0.05, 0.1) is 22.9 Å². The van der Waals surface area contributed by atoms with E-state index < -0.39 is 5.97 Å². The minimum absolute atomic E-state index is 0.199. The highest BCUT2D eigenvalue weighted by molar-refractivity contribution is 5.98. The largest absolute Gasteiger partial charge is 0.457 e. The van der Waals surface area contributed by atoms with Gasteiger partial charge in [0.25, 0.3) is 0 Å². The van der Waals surface area contributed by atoms with Crippen LogP contribution in [-0.2, 0) is 11.3 Å². The van der Waals surface area contributed by atoms with Gasteiger partial charge in [0.2, 0.25) is 0 Å². The number of rotatable bonds is 4. The van der Waals surface area contributed by atoms with Gasteiger partial charge in [-0.25, -0.2) is 4.79 Å². The minimum atomic E-state index is -0.420. The predicted molar refractivity (Wildman–Crippen MR) is 99.4 cm³/mol.